The van der Waals surface area contributed by atoms with E-state index in [1.54, 1.807) is 0 Å². The van der Waals surface area contributed by atoms with Crippen LogP contribution in [0.1, 0.15) is 20.3 Å². The lowest BCUT2D eigenvalue weighted by Gasteiger charge is -2.46. The van der Waals surface area contributed by atoms with E-state index in [-0.39, 0.29) is 6.42 Å². The molecule has 0 spiro atoms. The monoisotopic (exact) mass is 457 g/mol. The van der Waals surface area contributed by atoms with Crippen LogP contribution in [-0.2, 0) is 19.0 Å². The van der Waals surface area contributed by atoms with Crippen LogP contribution in [0.15, 0.2) is 15.3 Å². The van der Waals surface area contributed by atoms with Crippen LogP contribution in [0.2, 0.25) is 0 Å². The SMILES string of the molecule is CC(=O)OC1C(O)[C@H](O[C@H]2OC([C@@H](C)O)[C@@H](O)[C@H](O)C2N=[N+]=[N-])C(N=[N+]=[N-])C[C@H]1N=[N+]=[N-]. The summed E-state index contributed by atoms with van der Waals surface area (Å²) in [5.41, 5.74) is 26.5. The van der Waals surface area contributed by atoms with Gasteiger partial charge in [-0.15, -0.1) is 0 Å². The highest BCUT2D eigenvalue weighted by Crippen LogP contribution is 2.34. The van der Waals surface area contributed by atoms with Gasteiger partial charge in [0, 0.05) is 21.7 Å². The summed E-state index contributed by atoms with van der Waals surface area (Å²) in [6, 6.07) is -3.75. The van der Waals surface area contributed by atoms with Crippen molar-refractivity contribution < 1.29 is 39.4 Å². The summed E-state index contributed by atoms with van der Waals surface area (Å²) >= 11 is 0. The van der Waals surface area contributed by atoms with Crippen molar-refractivity contribution >= 4 is 5.97 Å². The van der Waals surface area contributed by atoms with Gasteiger partial charge in [0.1, 0.15) is 30.5 Å². The quantitative estimate of drug-likeness (QED) is 0.173. The Hall–Kier alpha value is -2.84. The molecule has 1 heterocycles. The number of carbonyl (C=O) groups is 1. The van der Waals surface area contributed by atoms with E-state index in [4.69, 9.17) is 30.8 Å². The molecule has 5 unspecified atom stereocenters. The van der Waals surface area contributed by atoms with E-state index in [1.807, 2.05) is 0 Å². The predicted molar refractivity (Wildman–Crippen MR) is 102 cm³/mol. The first-order valence-corrected chi connectivity index (χ1v) is 9.49. The molecule has 0 bridgehead atoms. The van der Waals surface area contributed by atoms with Crippen LogP contribution in [0.5, 0.6) is 0 Å². The van der Waals surface area contributed by atoms with Crippen molar-refractivity contribution in [3.8, 4) is 0 Å². The summed E-state index contributed by atoms with van der Waals surface area (Å²) in [5, 5.41) is 51.6. The van der Waals surface area contributed by atoms with Gasteiger partial charge < -0.3 is 34.6 Å². The first-order valence-electron chi connectivity index (χ1n) is 9.49. The van der Waals surface area contributed by atoms with Gasteiger partial charge in [0.2, 0.25) is 0 Å². The largest absolute Gasteiger partial charge is 0.459 e. The number of azide groups is 3. The molecule has 2 rings (SSSR count). The lowest BCUT2D eigenvalue weighted by molar-refractivity contribution is -0.301. The molecule has 32 heavy (non-hydrogen) atoms. The molecule has 17 heteroatoms. The van der Waals surface area contributed by atoms with Gasteiger partial charge in [-0.2, -0.15) is 0 Å². The number of hydrogen-bond acceptors (Lipinski definition) is 11. The fourth-order valence-electron chi connectivity index (χ4n) is 3.75. The third-order valence-electron chi connectivity index (χ3n) is 5.17. The zero-order valence-electron chi connectivity index (χ0n) is 17.0. The van der Waals surface area contributed by atoms with Crippen molar-refractivity contribution in [2.24, 2.45) is 15.3 Å². The minimum Gasteiger partial charge on any atom is -0.459 e. The topological polar surface area (TPSA) is 272 Å². The average molecular weight is 457 g/mol. The number of nitrogens with zero attached hydrogens (tertiary/aromatic N) is 9. The van der Waals surface area contributed by atoms with Gasteiger partial charge in [-0.05, 0) is 29.9 Å². The molecule has 1 saturated heterocycles. The molecule has 0 radical (unpaired) electrons. The third kappa shape index (κ3) is 5.49. The molecule has 2 fully saturated rings. The normalized spacial score (nSPS) is 40.1. The second-order valence-electron chi connectivity index (χ2n) is 7.33. The van der Waals surface area contributed by atoms with Crippen molar-refractivity contribution in [3.05, 3.63) is 31.3 Å². The van der Waals surface area contributed by atoms with Gasteiger partial charge in [-0.3, -0.25) is 4.79 Å². The fourth-order valence-corrected chi connectivity index (χ4v) is 3.75. The Kier molecular flexibility index (Phi) is 8.86. The highest BCUT2D eigenvalue weighted by molar-refractivity contribution is 5.66. The fraction of sp³-hybridized carbons (Fsp3) is 0.933. The van der Waals surface area contributed by atoms with Crippen LogP contribution in [-0.4, -0.2) is 93.5 Å². The first-order chi connectivity index (χ1) is 15.2. The Bertz CT molecular complexity index is 826. The van der Waals surface area contributed by atoms with E-state index < -0.39 is 73.1 Å². The molecule has 1 aliphatic heterocycles. The van der Waals surface area contributed by atoms with Crippen LogP contribution in [0.25, 0.3) is 31.3 Å². The van der Waals surface area contributed by atoms with Gasteiger partial charge in [0.15, 0.2) is 6.29 Å². The summed E-state index contributed by atoms with van der Waals surface area (Å²) < 4.78 is 16.2. The number of hydrogen-bond donors (Lipinski definition) is 4. The maximum atomic E-state index is 11.5. The predicted octanol–water partition coefficient (Wildman–Crippen LogP) is -0.0679. The Balaban J connectivity index is 2.41. The smallest absolute Gasteiger partial charge is 0.303 e. The minimum absolute atomic E-state index is 0.183. The second-order valence-corrected chi connectivity index (χ2v) is 7.33. The van der Waals surface area contributed by atoms with Gasteiger partial charge in [0.25, 0.3) is 0 Å². The van der Waals surface area contributed by atoms with Gasteiger partial charge in [0.05, 0.1) is 30.4 Å². The Morgan fingerprint density at radius 1 is 1.00 bits per heavy atom. The van der Waals surface area contributed by atoms with Crippen molar-refractivity contribution in [2.45, 2.75) is 87.4 Å². The van der Waals surface area contributed by atoms with E-state index in [2.05, 4.69) is 30.1 Å². The maximum Gasteiger partial charge on any atom is 0.303 e. The number of aliphatic hydroxyl groups excluding tert-OH is 4. The van der Waals surface area contributed by atoms with Crippen molar-refractivity contribution in [1.29, 1.82) is 0 Å². The first kappa shape index (κ1) is 25.4. The molecule has 0 aromatic heterocycles. The lowest BCUT2D eigenvalue weighted by atomic mass is 9.84. The Morgan fingerprint density at radius 2 is 1.56 bits per heavy atom. The number of ether oxygens (including phenoxy) is 3. The standard InChI is InChI=1S/C15H23N9O8/c1-4(25)12-10(28)9(27)8(21-24-18)15(31-12)32-14-7(20-23-17)3-6(19-22-16)13(11(14)29)30-5(2)26/h4,6-15,25,27-29H,3H2,1-2H3/t4-,6-,7?,8?,9-,10+,11?,12?,13?,14-,15-/m1/s1. The second kappa shape index (κ2) is 11.2. The number of rotatable bonds is 7. The highest BCUT2D eigenvalue weighted by atomic mass is 16.7. The molecule has 2 aliphatic rings. The molecule has 1 saturated carbocycles. The molecule has 1 aliphatic carbocycles. The number of carbonyl (C=O) groups excluding carboxylic acids is 1. The van der Waals surface area contributed by atoms with Crippen molar-refractivity contribution in [1.82, 2.24) is 0 Å². The van der Waals surface area contributed by atoms with E-state index in [1.165, 1.54) is 6.92 Å². The maximum absolute atomic E-state index is 11.5. The zero-order valence-corrected chi connectivity index (χ0v) is 17.0. The molecule has 0 aromatic rings. The van der Waals surface area contributed by atoms with Gasteiger partial charge in [-0.25, -0.2) is 0 Å². The van der Waals surface area contributed by atoms with E-state index in [0.717, 1.165) is 6.92 Å². The van der Waals surface area contributed by atoms with Crippen LogP contribution in [0.3, 0.4) is 0 Å². The van der Waals surface area contributed by atoms with Crippen LogP contribution < -0.4 is 0 Å². The van der Waals surface area contributed by atoms with E-state index >= 15 is 0 Å². The Morgan fingerprint density at radius 3 is 2.06 bits per heavy atom. The molecule has 17 nitrogen and oxygen atoms in total. The highest BCUT2D eigenvalue weighted by Gasteiger charge is 2.51. The van der Waals surface area contributed by atoms with E-state index in [9.17, 15) is 25.2 Å². The van der Waals surface area contributed by atoms with Crippen LogP contribution in [0, 0.1) is 0 Å². The summed E-state index contributed by atoms with van der Waals surface area (Å²) in [4.78, 5) is 19.4. The summed E-state index contributed by atoms with van der Waals surface area (Å²) in [6.45, 7) is 2.35. The Labute approximate surface area is 180 Å². The summed E-state index contributed by atoms with van der Waals surface area (Å²) in [6.07, 6.45) is -12.2. The summed E-state index contributed by atoms with van der Waals surface area (Å²) in [7, 11) is 0. The van der Waals surface area contributed by atoms with Crippen LogP contribution in [0.4, 0.5) is 0 Å². The third-order valence-corrected chi connectivity index (χ3v) is 5.17. The van der Waals surface area contributed by atoms with Gasteiger partial charge in [-0.1, -0.05) is 15.3 Å². The molecule has 0 amide bonds. The van der Waals surface area contributed by atoms with E-state index in [0.29, 0.717) is 0 Å². The molecule has 176 valence electrons. The van der Waals surface area contributed by atoms with Gasteiger partial charge >= 0.3 is 5.97 Å². The number of esters is 1. The lowest BCUT2D eigenvalue weighted by Crippen LogP contribution is -2.63. The van der Waals surface area contributed by atoms with Crippen LogP contribution >= 0.6 is 0 Å². The minimum atomic E-state index is -1.71. The molecular formula is C15H23N9O8. The van der Waals surface area contributed by atoms with Crippen molar-refractivity contribution in [2.75, 3.05) is 0 Å². The molecule has 0 aromatic carbocycles. The average Bonchev–Trinajstić information content (AvgIpc) is 2.72. The molecular weight excluding hydrogens is 434 g/mol. The molecule has 11 atom stereocenters. The van der Waals surface area contributed by atoms with Crippen molar-refractivity contribution in [3.63, 3.8) is 0 Å². The molecule has 4 N–H and O–H groups in total. The zero-order chi connectivity index (χ0) is 24.0. The summed E-state index contributed by atoms with van der Waals surface area (Å²) in [5.74, 6) is -0.790. The number of aliphatic hydroxyl groups is 4.